The van der Waals surface area contributed by atoms with Gasteiger partial charge in [0.05, 0.1) is 33.2 Å². The molecule has 1 N–H and O–H groups in total. The first-order valence-corrected chi connectivity index (χ1v) is 5.38. The average molecular weight is 214 g/mol. The van der Waals surface area contributed by atoms with Crippen LogP contribution in [0.4, 0.5) is 0 Å². The highest BCUT2D eigenvalue weighted by atomic mass is 16.4. The zero-order chi connectivity index (χ0) is 11.3. The minimum Gasteiger partial charge on any atom is -0.550 e. The van der Waals surface area contributed by atoms with E-state index in [1.54, 1.807) is 0 Å². The number of amides is 1. The first-order chi connectivity index (χ1) is 7.09. The molecule has 1 heterocycles. The monoisotopic (exact) mass is 214 g/mol. The second-order valence-electron chi connectivity index (χ2n) is 4.06. The van der Waals surface area contributed by atoms with Crippen LogP contribution in [0.3, 0.4) is 0 Å². The number of rotatable bonds is 4. The summed E-state index contributed by atoms with van der Waals surface area (Å²) in [5, 5.41) is 10.2. The van der Waals surface area contributed by atoms with Gasteiger partial charge in [0, 0.05) is 12.4 Å². The molecule has 1 rings (SSSR count). The third kappa shape index (κ3) is 4.29. The molecule has 0 aromatic heterocycles. The summed E-state index contributed by atoms with van der Waals surface area (Å²) in [5.74, 6) is -1.01. The van der Waals surface area contributed by atoms with Crippen molar-refractivity contribution in [3.63, 3.8) is 0 Å². The molecule has 0 aromatic rings. The van der Waals surface area contributed by atoms with Crippen LogP contribution in [0, 0.1) is 0 Å². The Hall–Kier alpha value is -1.10. The van der Waals surface area contributed by atoms with Crippen LogP contribution in [0.15, 0.2) is 0 Å². The lowest BCUT2D eigenvalue weighted by Gasteiger charge is -2.30. The largest absolute Gasteiger partial charge is 0.550 e. The summed E-state index contributed by atoms with van der Waals surface area (Å²) in [7, 11) is 2.11. The molecule has 5 nitrogen and oxygen atoms in total. The molecular formula is C10H18N2O3. The van der Waals surface area contributed by atoms with E-state index in [0.29, 0.717) is 12.8 Å². The number of nitrogens with zero attached hydrogens (tertiary/aromatic N) is 1. The van der Waals surface area contributed by atoms with Crippen molar-refractivity contribution in [1.29, 1.82) is 0 Å². The first-order valence-electron chi connectivity index (χ1n) is 5.38. The van der Waals surface area contributed by atoms with Crippen molar-refractivity contribution in [3.05, 3.63) is 0 Å². The van der Waals surface area contributed by atoms with E-state index in [4.69, 9.17) is 0 Å². The first kappa shape index (κ1) is 12.0. The van der Waals surface area contributed by atoms with E-state index >= 15 is 0 Å². The number of carbonyl (C=O) groups excluding carboxylic acids is 2. The van der Waals surface area contributed by atoms with Crippen LogP contribution in [0.1, 0.15) is 19.3 Å². The molecule has 0 saturated carbocycles. The number of quaternary nitrogens is 1. The maximum atomic E-state index is 11.6. The van der Waals surface area contributed by atoms with Gasteiger partial charge in [0.25, 0.3) is 0 Å². The van der Waals surface area contributed by atoms with Crippen LogP contribution in [-0.4, -0.2) is 50.0 Å². The van der Waals surface area contributed by atoms with Gasteiger partial charge in [-0.1, -0.05) is 0 Å². The molecule has 5 heteroatoms. The Bertz CT molecular complexity index is 235. The SMILES string of the molecule is C[NH+]1CCN(C(=O)CCCC(=O)[O-])CC1. The smallest absolute Gasteiger partial charge is 0.222 e. The number of carboxylic acids is 1. The number of carbonyl (C=O) groups is 2. The molecule has 86 valence electrons. The van der Waals surface area contributed by atoms with Gasteiger partial charge in [-0.25, -0.2) is 0 Å². The molecule has 1 amide bonds. The lowest BCUT2D eigenvalue weighted by molar-refractivity contribution is -0.883. The minimum absolute atomic E-state index is 0.0231. The van der Waals surface area contributed by atoms with Gasteiger partial charge >= 0.3 is 0 Å². The number of hydrogen-bond donors (Lipinski definition) is 1. The Balaban J connectivity index is 2.19. The molecule has 0 bridgehead atoms. The lowest BCUT2D eigenvalue weighted by Crippen LogP contribution is -3.12. The second kappa shape index (κ2) is 5.70. The third-order valence-corrected chi connectivity index (χ3v) is 2.74. The number of nitrogens with one attached hydrogen (secondary N) is 1. The van der Waals surface area contributed by atoms with Crippen LogP contribution < -0.4 is 10.0 Å². The third-order valence-electron chi connectivity index (χ3n) is 2.74. The van der Waals surface area contributed by atoms with Gasteiger partial charge in [-0.2, -0.15) is 0 Å². The molecular weight excluding hydrogens is 196 g/mol. The fourth-order valence-electron chi connectivity index (χ4n) is 1.68. The molecule has 1 saturated heterocycles. The van der Waals surface area contributed by atoms with Crippen molar-refractivity contribution >= 4 is 11.9 Å². The van der Waals surface area contributed by atoms with Crippen LogP contribution in [0.5, 0.6) is 0 Å². The van der Waals surface area contributed by atoms with Gasteiger partial charge in [0.15, 0.2) is 0 Å². The molecule has 0 atom stereocenters. The highest BCUT2D eigenvalue weighted by molar-refractivity contribution is 5.76. The molecule has 0 aromatic carbocycles. The van der Waals surface area contributed by atoms with E-state index in [1.807, 2.05) is 4.90 Å². The van der Waals surface area contributed by atoms with Crippen molar-refractivity contribution < 1.29 is 19.6 Å². The molecule has 0 spiro atoms. The fraction of sp³-hybridized carbons (Fsp3) is 0.800. The minimum atomic E-state index is -1.08. The highest BCUT2D eigenvalue weighted by Crippen LogP contribution is 2.00. The van der Waals surface area contributed by atoms with Crippen LogP contribution in [0.25, 0.3) is 0 Å². The number of piperazine rings is 1. The van der Waals surface area contributed by atoms with E-state index in [9.17, 15) is 14.7 Å². The van der Waals surface area contributed by atoms with Crippen LogP contribution in [0.2, 0.25) is 0 Å². The van der Waals surface area contributed by atoms with Gasteiger partial charge in [-0.05, 0) is 12.8 Å². The van der Waals surface area contributed by atoms with E-state index in [1.165, 1.54) is 4.90 Å². The maximum Gasteiger partial charge on any atom is 0.222 e. The maximum absolute atomic E-state index is 11.6. The average Bonchev–Trinajstić information content (AvgIpc) is 2.18. The molecule has 0 unspecified atom stereocenters. The summed E-state index contributed by atoms with van der Waals surface area (Å²) in [5.41, 5.74) is 0. The molecule has 1 aliphatic heterocycles. The Morgan fingerprint density at radius 1 is 1.27 bits per heavy atom. The summed E-state index contributed by atoms with van der Waals surface area (Å²) in [6, 6.07) is 0. The van der Waals surface area contributed by atoms with E-state index in [0.717, 1.165) is 26.2 Å². The number of likely N-dealkylation sites (N-methyl/N-ethyl adjacent to an activating group) is 1. The molecule has 0 aliphatic carbocycles. The summed E-state index contributed by atoms with van der Waals surface area (Å²) >= 11 is 0. The Morgan fingerprint density at radius 2 is 1.87 bits per heavy atom. The standard InChI is InChI=1S/C10H18N2O3/c1-11-5-7-12(8-6-11)9(13)3-2-4-10(14)15/h2-8H2,1H3,(H,14,15). The number of aliphatic carboxylic acids is 1. The van der Waals surface area contributed by atoms with Crippen molar-refractivity contribution in [3.8, 4) is 0 Å². The predicted molar refractivity (Wildman–Crippen MR) is 52.1 cm³/mol. The van der Waals surface area contributed by atoms with E-state index in [2.05, 4.69) is 7.05 Å². The van der Waals surface area contributed by atoms with Gasteiger partial charge in [-0.15, -0.1) is 0 Å². The second-order valence-corrected chi connectivity index (χ2v) is 4.06. The fourth-order valence-corrected chi connectivity index (χ4v) is 1.68. The molecule has 1 fully saturated rings. The van der Waals surface area contributed by atoms with Crippen LogP contribution >= 0.6 is 0 Å². The Kier molecular flexibility index (Phi) is 4.55. The molecule has 0 radical (unpaired) electrons. The summed E-state index contributed by atoms with van der Waals surface area (Å²) in [6.07, 6.45) is 0.693. The van der Waals surface area contributed by atoms with Crippen molar-refractivity contribution in [2.24, 2.45) is 0 Å². The normalized spacial score (nSPS) is 17.8. The topological polar surface area (TPSA) is 64.9 Å². The highest BCUT2D eigenvalue weighted by Gasteiger charge is 2.20. The Labute approximate surface area is 89.7 Å². The molecule has 1 aliphatic rings. The van der Waals surface area contributed by atoms with Gasteiger partial charge in [0.1, 0.15) is 0 Å². The van der Waals surface area contributed by atoms with Crippen molar-refractivity contribution in [2.45, 2.75) is 19.3 Å². The summed E-state index contributed by atoms with van der Waals surface area (Å²) in [4.78, 5) is 25.0. The quantitative estimate of drug-likeness (QED) is 0.552. The Morgan fingerprint density at radius 3 is 2.40 bits per heavy atom. The van der Waals surface area contributed by atoms with Gasteiger partial charge < -0.3 is 19.7 Å². The molecule has 15 heavy (non-hydrogen) atoms. The number of hydrogen-bond acceptors (Lipinski definition) is 3. The number of carboxylic acid groups (broad SMARTS) is 1. The van der Waals surface area contributed by atoms with Crippen molar-refractivity contribution in [1.82, 2.24) is 4.90 Å². The van der Waals surface area contributed by atoms with Crippen LogP contribution in [-0.2, 0) is 9.59 Å². The van der Waals surface area contributed by atoms with E-state index < -0.39 is 5.97 Å². The van der Waals surface area contributed by atoms with Gasteiger partial charge in [-0.3, -0.25) is 4.79 Å². The van der Waals surface area contributed by atoms with E-state index in [-0.39, 0.29) is 12.3 Å². The summed E-state index contributed by atoms with van der Waals surface area (Å²) < 4.78 is 0. The van der Waals surface area contributed by atoms with Crippen molar-refractivity contribution in [2.75, 3.05) is 33.2 Å². The predicted octanol–water partition coefficient (Wildman–Crippen LogP) is -2.74. The lowest BCUT2D eigenvalue weighted by atomic mass is 10.2. The zero-order valence-electron chi connectivity index (χ0n) is 9.12. The summed E-state index contributed by atoms with van der Waals surface area (Å²) in [6.45, 7) is 3.53. The van der Waals surface area contributed by atoms with Gasteiger partial charge in [0.2, 0.25) is 5.91 Å². The zero-order valence-corrected chi connectivity index (χ0v) is 9.12.